The molecule has 0 aliphatic rings. The van der Waals surface area contributed by atoms with Gasteiger partial charge in [-0.3, -0.25) is 4.79 Å². The number of rotatable bonds is 4. The summed E-state index contributed by atoms with van der Waals surface area (Å²) in [5.74, 6) is 0.967. The highest BCUT2D eigenvalue weighted by Crippen LogP contribution is 2.22. The Labute approximate surface area is 134 Å². The van der Waals surface area contributed by atoms with Crippen LogP contribution in [0.4, 0.5) is 5.82 Å². The summed E-state index contributed by atoms with van der Waals surface area (Å²) in [6.45, 7) is 3.96. The molecule has 0 aliphatic heterocycles. The van der Waals surface area contributed by atoms with Crippen LogP contribution in [-0.4, -0.2) is 18.0 Å². The number of anilines is 1. The van der Waals surface area contributed by atoms with Crippen LogP contribution in [-0.2, 0) is 4.79 Å². The average Bonchev–Trinajstić information content (AvgIpc) is 2.46. The van der Waals surface area contributed by atoms with Crippen molar-refractivity contribution in [3.63, 3.8) is 0 Å². The number of nitrogens with one attached hydrogen (secondary N) is 1. The van der Waals surface area contributed by atoms with E-state index in [1.165, 1.54) is 6.08 Å². The maximum absolute atomic E-state index is 11.9. The van der Waals surface area contributed by atoms with Gasteiger partial charge in [0.15, 0.2) is 0 Å². The molecule has 0 atom stereocenters. The van der Waals surface area contributed by atoms with Gasteiger partial charge in [0, 0.05) is 17.3 Å². The maximum Gasteiger partial charge on any atom is 0.249 e. The van der Waals surface area contributed by atoms with Crippen molar-refractivity contribution in [2.45, 2.75) is 13.8 Å². The lowest BCUT2D eigenvalue weighted by Gasteiger charge is -2.08. The molecule has 1 N–H and O–H groups in total. The van der Waals surface area contributed by atoms with E-state index in [9.17, 15) is 4.79 Å². The van der Waals surface area contributed by atoms with Crippen molar-refractivity contribution in [2.24, 2.45) is 0 Å². The summed E-state index contributed by atoms with van der Waals surface area (Å²) in [5, 5.41) is 3.19. The topological polar surface area (TPSA) is 51.2 Å². The van der Waals surface area contributed by atoms with E-state index in [1.807, 2.05) is 26.0 Å². The molecule has 0 fully saturated rings. The highest BCUT2D eigenvalue weighted by atomic mass is 35.5. The van der Waals surface area contributed by atoms with Crippen LogP contribution < -0.4 is 10.1 Å². The first kappa shape index (κ1) is 16.0. The SMILES string of the molecule is COc1cc(C)c(/C=C/C(=O)Nc2cc(Cl)ccn2)c(C)c1. The Balaban J connectivity index is 2.13. The molecule has 4 nitrogen and oxygen atoms in total. The van der Waals surface area contributed by atoms with Gasteiger partial charge in [0.1, 0.15) is 11.6 Å². The van der Waals surface area contributed by atoms with E-state index >= 15 is 0 Å². The number of hydrogen-bond donors (Lipinski definition) is 1. The summed E-state index contributed by atoms with van der Waals surface area (Å²) in [7, 11) is 1.63. The van der Waals surface area contributed by atoms with Crippen molar-refractivity contribution < 1.29 is 9.53 Å². The molecule has 0 bridgehead atoms. The number of carbonyl (C=O) groups excluding carboxylic acids is 1. The Morgan fingerprint density at radius 1 is 1.27 bits per heavy atom. The van der Waals surface area contributed by atoms with Crippen molar-refractivity contribution >= 4 is 29.4 Å². The molecule has 22 heavy (non-hydrogen) atoms. The molecule has 1 aromatic carbocycles. The summed E-state index contributed by atoms with van der Waals surface area (Å²) in [6.07, 6.45) is 4.80. The number of pyridine rings is 1. The molecule has 5 heteroatoms. The molecule has 0 unspecified atom stereocenters. The van der Waals surface area contributed by atoms with E-state index in [2.05, 4.69) is 10.3 Å². The first-order chi connectivity index (χ1) is 10.5. The molecule has 0 saturated heterocycles. The summed E-state index contributed by atoms with van der Waals surface area (Å²) in [4.78, 5) is 16.0. The Morgan fingerprint density at radius 3 is 2.55 bits per heavy atom. The lowest BCUT2D eigenvalue weighted by atomic mass is 10.0. The third kappa shape index (κ3) is 4.09. The molecule has 1 heterocycles. The summed E-state index contributed by atoms with van der Waals surface area (Å²) < 4.78 is 5.22. The zero-order chi connectivity index (χ0) is 16.1. The Kier molecular flexibility index (Phi) is 5.17. The average molecular weight is 317 g/mol. The van der Waals surface area contributed by atoms with Gasteiger partial charge in [0.2, 0.25) is 5.91 Å². The Morgan fingerprint density at radius 2 is 1.95 bits per heavy atom. The standard InChI is InChI=1S/C17H17ClN2O2/c1-11-8-14(22-3)9-12(2)15(11)4-5-17(21)20-16-10-13(18)6-7-19-16/h4-10H,1-3H3,(H,19,20,21)/b5-4+. The minimum Gasteiger partial charge on any atom is -0.497 e. The van der Waals surface area contributed by atoms with Crippen LogP contribution in [0.3, 0.4) is 0 Å². The number of halogens is 1. The van der Waals surface area contributed by atoms with E-state index < -0.39 is 0 Å². The van der Waals surface area contributed by atoms with Crippen LogP contribution in [0.25, 0.3) is 6.08 Å². The maximum atomic E-state index is 11.9. The summed E-state index contributed by atoms with van der Waals surface area (Å²) in [6, 6.07) is 7.11. The fraction of sp³-hybridized carbons (Fsp3) is 0.176. The molecule has 0 radical (unpaired) electrons. The van der Waals surface area contributed by atoms with Crippen molar-refractivity contribution in [1.29, 1.82) is 0 Å². The minimum atomic E-state index is -0.260. The molecule has 2 aromatic rings. The number of hydrogen-bond acceptors (Lipinski definition) is 3. The monoisotopic (exact) mass is 316 g/mol. The van der Waals surface area contributed by atoms with Crippen LogP contribution in [0.5, 0.6) is 5.75 Å². The first-order valence-corrected chi connectivity index (χ1v) is 7.13. The third-order valence-corrected chi connectivity index (χ3v) is 3.41. The number of amides is 1. The van der Waals surface area contributed by atoms with Crippen LogP contribution >= 0.6 is 11.6 Å². The van der Waals surface area contributed by atoms with E-state index in [-0.39, 0.29) is 5.91 Å². The van der Waals surface area contributed by atoms with Gasteiger partial charge >= 0.3 is 0 Å². The quantitative estimate of drug-likeness (QED) is 0.867. The second kappa shape index (κ2) is 7.09. The van der Waals surface area contributed by atoms with Crippen molar-refractivity contribution in [2.75, 3.05) is 12.4 Å². The number of methoxy groups -OCH3 is 1. The number of aryl methyl sites for hydroxylation is 2. The predicted octanol–water partition coefficient (Wildman–Crippen LogP) is 4.01. The smallest absolute Gasteiger partial charge is 0.249 e. The van der Waals surface area contributed by atoms with Crippen LogP contribution in [0, 0.1) is 13.8 Å². The normalized spacial score (nSPS) is 10.7. The highest BCUT2D eigenvalue weighted by molar-refractivity contribution is 6.30. The molecule has 1 aromatic heterocycles. The molecular formula is C17H17ClN2O2. The fourth-order valence-corrected chi connectivity index (χ4v) is 2.28. The van der Waals surface area contributed by atoms with Crippen molar-refractivity contribution in [3.05, 3.63) is 58.3 Å². The predicted molar refractivity (Wildman–Crippen MR) is 89.4 cm³/mol. The number of nitrogens with zero attached hydrogens (tertiary/aromatic N) is 1. The summed E-state index contributed by atoms with van der Waals surface area (Å²) in [5.41, 5.74) is 3.08. The van der Waals surface area contributed by atoms with Gasteiger partial charge in [-0.1, -0.05) is 11.6 Å². The van der Waals surface area contributed by atoms with E-state index in [0.717, 1.165) is 22.4 Å². The number of carbonyl (C=O) groups is 1. The summed E-state index contributed by atoms with van der Waals surface area (Å²) >= 11 is 5.85. The molecule has 0 spiro atoms. The number of ether oxygens (including phenoxy) is 1. The molecule has 1 amide bonds. The van der Waals surface area contributed by atoms with Gasteiger partial charge in [-0.25, -0.2) is 4.98 Å². The Bertz CT molecular complexity index is 703. The van der Waals surface area contributed by atoms with Crippen molar-refractivity contribution in [3.8, 4) is 5.75 Å². The largest absolute Gasteiger partial charge is 0.497 e. The highest BCUT2D eigenvalue weighted by Gasteiger charge is 2.04. The van der Waals surface area contributed by atoms with E-state index in [1.54, 1.807) is 31.5 Å². The zero-order valence-electron chi connectivity index (χ0n) is 12.7. The van der Waals surface area contributed by atoms with E-state index in [0.29, 0.717) is 10.8 Å². The van der Waals surface area contributed by atoms with Gasteiger partial charge in [-0.2, -0.15) is 0 Å². The van der Waals surface area contributed by atoms with Gasteiger partial charge in [-0.05, 0) is 60.9 Å². The lowest BCUT2D eigenvalue weighted by Crippen LogP contribution is -2.09. The Hall–Kier alpha value is -2.33. The minimum absolute atomic E-state index is 0.260. The van der Waals surface area contributed by atoms with Crippen molar-refractivity contribution in [1.82, 2.24) is 4.98 Å². The first-order valence-electron chi connectivity index (χ1n) is 6.75. The van der Waals surface area contributed by atoms with Gasteiger partial charge in [0.25, 0.3) is 0 Å². The molecular weight excluding hydrogens is 300 g/mol. The van der Waals surface area contributed by atoms with E-state index in [4.69, 9.17) is 16.3 Å². The van der Waals surface area contributed by atoms with Crippen LogP contribution in [0.1, 0.15) is 16.7 Å². The second-order valence-electron chi connectivity index (χ2n) is 4.86. The molecule has 2 rings (SSSR count). The fourth-order valence-electron chi connectivity index (χ4n) is 2.12. The van der Waals surface area contributed by atoms with Gasteiger partial charge < -0.3 is 10.1 Å². The van der Waals surface area contributed by atoms with Crippen LogP contribution in [0.15, 0.2) is 36.5 Å². The molecule has 0 aliphatic carbocycles. The lowest BCUT2D eigenvalue weighted by molar-refractivity contribution is -0.111. The molecule has 114 valence electrons. The van der Waals surface area contributed by atoms with Gasteiger partial charge in [0.05, 0.1) is 7.11 Å². The number of benzene rings is 1. The molecule has 0 saturated carbocycles. The third-order valence-electron chi connectivity index (χ3n) is 3.18. The van der Waals surface area contributed by atoms with Crippen LogP contribution in [0.2, 0.25) is 5.02 Å². The second-order valence-corrected chi connectivity index (χ2v) is 5.29. The van der Waals surface area contributed by atoms with Gasteiger partial charge in [-0.15, -0.1) is 0 Å². The zero-order valence-corrected chi connectivity index (χ0v) is 13.4. The number of aromatic nitrogens is 1.